The summed E-state index contributed by atoms with van der Waals surface area (Å²) in [5.41, 5.74) is 2.07. The van der Waals surface area contributed by atoms with Crippen LogP contribution < -0.4 is 5.32 Å². The molecule has 0 spiro atoms. The van der Waals surface area contributed by atoms with Crippen LogP contribution in [0.2, 0.25) is 0 Å². The molecule has 1 aliphatic rings. The summed E-state index contributed by atoms with van der Waals surface area (Å²) in [5.74, 6) is -0.0475. The molecule has 0 bridgehead atoms. The molecule has 0 unspecified atom stereocenters. The molecule has 0 aliphatic carbocycles. The molecular formula is C12H12N4O. The molecule has 0 saturated carbocycles. The van der Waals surface area contributed by atoms with Crippen LogP contribution in [-0.2, 0) is 13.1 Å². The summed E-state index contributed by atoms with van der Waals surface area (Å²) < 4.78 is 1.75. The van der Waals surface area contributed by atoms with Gasteiger partial charge in [-0.15, -0.1) is 5.10 Å². The second-order valence-corrected chi connectivity index (χ2v) is 3.99. The van der Waals surface area contributed by atoms with Gasteiger partial charge >= 0.3 is 0 Å². The number of rotatable bonds is 2. The molecule has 2 heterocycles. The highest BCUT2D eigenvalue weighted by molar-refractivity contribution is 6.08. The molecule has 1 aromatic heterocycles. The van der Waals surface area contributed by atoms with Crippen LogP contribution in [0.3, 0.4) is 0 Å². The number of benzene rings is 1. The minimum Gasteiger partial charge on any atom is -0.298 e. The Labute approximate surface area is 98.4 Å². The first-order valence-corrected chi connectivity index (χ1v) is 5.59. The average Bonchev–Trinajstić information content (AvgIpc) is 2.83. The molecule has 0 atom stereocenters. The maximum atomic E-state index is 12.2. The minimum atomic E-state index is -0.0475. The first kappa shape index (κ1) is 10.2. The van der Waals surface area contributed by atoms with E-state index in [0.29, 0.717) is 17.9 Å². The molecule has 5 heteroatoms. The van der Waals surface area contributed by atoms with Crippen molar-refractivity contribution in [3.63, 3.8) is 0 Å². The Hall–Kier alpha value is -2.01. The fourth-order valence-electron chi connectivity index (χ4n) is 2.00. The number of ketones is 1. The van der Waals surface area contributed by atoms with Gasteiger partial charge in [-0.2, -0.15) is 0 Å². The van der Waals surface area contributed by atoms with Crippen LogP contribution >= 0.6 is 0 Å². The van der Waals surface area contributed by atoms with E-state index in [2.05, 4.69) is 15.6 Å². The maximum Gasteiger partial charge on any atom is 0.215 e. The summed E-state index contributed by atoms with van der Waals surface area (Å²) >= 11 is 0. The third kappa shape index (κ3) is 1.74. The van der Waals surface area contributed by atoms with Crippen molar-refractivity contribution in [2.75, 3.05) is 6.54 Å². The van der Waals surface area contributed by atoms with Gasteiger partial charge in [0.05, 0.1) is 12.4 Å². The Morgan fingerprint density at radius 1 is 1.29 bits per heavy atom. The lowest BCUT2D eigenvalue weighted by Crippen LogP contribution is -2.30. The van der Waals surface area contributed by atoms with E-state index in [-0.39, 0.29) is 5.78 Å². The second kappa shape index (κ2) is 4.10. The summed E-state index contributed by atoms with van der Waals surface area (Å²) in [4.78, 5) is 12.2. The molecule has 0 fully saturated rings. The summed E-state index contributed by atoms with van der Waals surface area (Å²) in [6.07, 6.45) is 0.793. The van der Waals surface area contributed by atoms with Gasteiger partial charge in [0, 0.05) is 18.5 Å². The average molecular weight is 228 g/mol. The molecule has 0 radical (unpaired) electrons. The highest BCUT2D eigenvalue weighted by Crippen LogP contribution is 2.14. The number of hydrogen-bond acceptors (Lipinski definition) is 4. The summed E-state index contributed by atoms with van der Waals surface area (Å²) in [7, 11) is 0. The van der Waals surface area contributed by atoms with Crippen LogP contribution in [0.15, 0.2) is 30.3 Å². The van der Waals surface area contributed by atoms with Crippen molar-refractivity contribution in [1.82, 2.24) is 20.3 Å². The zero-order valence-corrected chi connectivity index (χ0v) is 9.26. The van der Waals surface area contributed by atoms with Gasteiger partial charge in [-0.05, 0) is 0 Å². The van der Waals surface area contributed by atoms with E-state index in [1.807, 2.05) is 18.2 Å². The Morgan fingerprint density at radius 2 is 2.12 bits per heavy atom. The fourth-order valence-corrected chi connectivity index (χ4v) is 2.00. The molecule has 0 amide bonds. The molecular weight excluding hydrogens is 216 g/mol. The monoisotopic (exact) mass is 228 g/mol. The third-order valence-corrected chi connectivity index (χ3v) is 2.89. The maximum absolute atomic E-state index is 12.2. The number of fused-ring (bicyclic) bond motifs is 1. The van der Waals surface area contributed by atoms with Gasteiger partial charge in [0.2, 0.25) is 5.78 Å². The van der Waals surface area contributed by atoms with Gasteiger partial charge in [0.15, 0.2) is 5.69 Å². The Balaban J connectivity index is 2.00. The van der Waals surface area contributed by atoms with E-state index < -0.39 is 0 Å². The summed E-state index contributed by atoms with van der Waals surface area (Å²) in [6, 6.07) is 9.20. The van der Waals surface area contributed by atoms with Crippen molar-refractivity contribution in [2.24, 2.45) is 0 Å². The molecule has 3 rings (SSSR count). The third-order valence-electron chi connectivity index (χ3n) is 2.89. The molecule has 86 valence electrons. The lowest BCUT2D eigenvalue weighted by atomic mass is 10.1. The first-order chi connectivity index (χ1) is 8.36. The van der Waals surface area contributed by atoms with Crippen molar-refractivity contribution in [1.29, 1.82) is 0 Å². The predicted octanol–water partition coefficient (Wildman–Crippen LogP) is 0.612. The van der Waals surface area contributed by atoms with E-state index in [1.165, 1.54) is 0 Å². The number of nitrogens with one attached hydrogen (secondary N) is 1. The molecule has 17 heavy (non-hydrogen) atoms. The lowest BCUT2D eigenvalue weighted by Gasteiger charge is -2.14. The second-order valence-electron chi connectivity index (χ2n) is 3.99. The van der Waals surface area contributed by atoms with Crippen molar-refractivity contribution in [3.05, 3.63) is 47.3 Å². The lowest BCUT2D eigenvalue weighted by molar-refractivity contribution is 0.103. The van der Waals surface area contributed by atoms with Crippen LogP contribution in [0.4, 0.5) is 0 Å². The largest absolute Gasteiger partial charge is 0.298 e. The van der Waals surface area contributed by atoms with E-state index in [1.54, 1.807) is 16.8 Å². The van der Waals surface area contributed by atoms with Crippen LogP contribution in [0.25, 0.3) is 0 Å². The normalized spacial score (nSPS) is 14.4. The molecule has 1 aromatic carbocycles. The molecule has 1 aliphatic heterocycles. The van der Waals surface area contributed by atoms with Crippen LogP contribution in [0.1, 0.15) is 21.7 Å². The highest BCUT2D eigenvalue weighted by atomic mass is 16.1. The first-order valence-electron chi connectivity index (χ1n) is 5.59. The van der Waals surface area contributed by atoms with Gasteiger partial charge in [-0.3, -0.25) is 10.1 Å². The molecule has 5 nitrogen and oxygen atoms in total. The zero-order chi connectivity index (χ0) is 11.7. The van der Waals surface area contributed by atoms with Crippen molar-refractivity contribution < 1.29 is 4.79 Å². The number of hydrogen-bond donors (Lipinski definition) is 1. The molecule has 2 aromatic rings. The van der Waals surface area contributed by atoms with E-state index >= 15 is 0 Å². The summed E-state index contributed by atoms with van der Waals surface area (Å²) in [5, 5.41) is 11.2. The van der Waals surface area contributed by atoms with Crippen molar-refractivity contribution >= 4 is 5.78 Å². The number of carbonyl (C=O) groups excluding carboxylic acids is 1. The summed E-state index contributed by atoms with van der Waals surface area (Å²) in [6.45, 7) is 1.49. The number of aromatic nitrogens is 3. The van der Waals surface area contributed by atoms with E-state index in [0.717, 1.165) is 18.7 Å². The van der Waals surface area contributed by atoms with Crippen molar-refractivity contribution in [3.8, 4) is 0 Å². The SMILES string of the molecule is O=C(c1ccccc1)c1nnn2c1CCNC2. The highest BCUT2D eigenvalue weighted by Gasteiger charge is 2.22. The zero-order valence-electron chi connectivity index (χ0n) is 9.26. The van der Waals surface area contributed by atoms with Gasteiger partial charge in [0.1, 0.15) is 0 Å². The number of carbonyl (C=O) groups is 1. The number of nitrogens with zero attached hydrogens (tertiary/aromatic N) is 3. The van der Waals surface area contributed by atoms with Crippen LogP contribution in [0.5, 0.6) is 0 Å². The van der Waals surface area contributed by atoms with E-state index in [4.69, 9.17) is 0 Å². The van der Waals surface area contributed by atoms with Gasteiger partial charge in [-0.1, -0.05) is 35.5 Å². The van der Waals surface area contributed by atoms with Crippen LogP contribution in [-0.4, -0.2) is 27.3 Å². The van der Waals surface area contributed by atoms with Gasteiger partial charge in [0.25, 0.3) is 0 Å². The van der Waals surface area contributed by atoms with Crippen molar-refractivity contribution in [2.45, 2.75) is 13.1 Å². The smallest absolute Gasteiger partial charge is 0.215 e. The minimum absolute atomic E-state index is 0.0475. The van der Waals surface area contributed by atoms with Gasteiger partial charge < -0.3 is 0 Å². The molecule has 1 N–H and O–H groups in total. The van der Waals surface area contributed by atoms with Gasteiger partial charge in [-0.25, -0.2) is 4.68 Å². The van der Waals surface area contributed by atoms with Crippen LogP contribution in [0, 0.1) is 0 Å². The Kier molecular flexibility index (Phi) is 2.45. The molecule has 0 saturated heterocycles. The predicted molar refractivity (Wildman–Crippen MR) is 61.6 cm³/mol. The van der Waals surface area contributed by atoms with E-state index in [9.17, 15) is 4.79 Å². The topological polar surface area (TPSA) is 59.8 Å². The fraction of sp³-hybridized carbons (Fsp3) is 0.250. The standard InChI is InChI=1S/C12H12N4O/c17-12(9-4-2-1-3-5-9)11-10-6-7-13-8-16(10)15-14-11/h1-5,13H,6-8H2. The Morgan fingerprint density at radius 3 is 2.94 bits per heavy atom. The Bertz CT molecular complexity index is 547. The quantitative estimate of drug-likeness (QED) is 0.765.